The van der Waals surface area contributed by atoms with Crippen molar-refractivity contribution in [1.82, 2.24) is 4.98 Å². The lowest BCUT2D eigenvalue weighted by Crippen LogP contribution is -2.13. The molecule has 1 aliphatic carbocycles. The highest BCUT2D eigenvalue weighted by molar-refractivity contribution is 6.20. The fourth-order valence-corrected chi connectivity index (χ4v) is 3.43. The first-order valence-electron chi connectivity index (χ1n) is 6.72. The van der Waals surface area contributed by atoms with Gasteiger partial charge in [0, 0.05) is 17.0 Å². The molecule has 1 aliphatic rings. The normalized spacial score (nSPS) is 27.8. The third kappa shape index (κ3) is 2.12. The van der Waals surface area contributed by atoms with Crippen LogP contribution in [0.1, 0.15) is 25.3 Å². The minimum absolute atomic E-state index is 0.364. The molecule has 0 bridgehead atoms. The summed E-state index contributed by atoms with van der Waals surface area (Å²) in [7, 11) is 0. The zero-order chi connectivity index (χ0) is 12.5. The number of hydrogen-bond acceptors (Lipinski definition) is 1. The number of benzene rings is 1. The van der Waals surface area contributed by atoms with Crippen molar-refractivity contribution >= 4 is 22.5 Å². The van der Waals surface area contributed by atoms with Gasteiger partial charge in [0.05, 0.1) is 5.52 Å². The predicted octanol–water partition coefficient (Wildman–Crippen LogP) is 4.43. The Balaban J connectivity index is 1.91. The molecule has 1 saturated carbocycles. The van der Waals surface area contributed by atoms with Gasteiger partial charge >= 0.3 is 0 Å². The van der Waals surface area contributed by atoms with Gasteiger partial charge in [0.25, 0.3) is 0 Å². The van der Waals surface area contributed by atoms with Crippen LogP contribution in [-0.2, 0) is 6.42 Å². The van der Waals surface area contributed by atoms with Crippen molar-refractivity contribution in [2.45, 2.75) is 31.6 Å². The molecule has 0 N–H and O–H groups in total. The Morgan fingerprint density at radius 2 is 2.06 bits per heavy atom. The minimum atomic E-state index is 0.364. The number of alkyl halides is 1. The molecule has 0 aliphatic heterocycles. The van der Waals surface area contributed by atoms with Crippen LogP contribution in [0.15, 0.2) is 36.5 Å². The van der Waals surface area contributed by atoms with Gasteiger partial charge in [-0.05, 0) is 48.8 Å². The first-order valence-corrected chi connectivity index (χ1v) is 7.16. The van der Waals surface area contributed by atoms with Crippen LogP contribution in [0.3, 0.4) is 0 Å². The van der Waals surface area contributed by atoms with E-state index in [9.17, 15) is 0 Å². The molecule has 1 aromatic carbocycles. The molecule has 3 rings (SSSR count). The summed E-state index contributed by atoms with van der Waals surface area (Å²) in [6, 6.07) is 10.6. The van der Waals surface area contributed by atoms with E-state index in [1.165, 1.54) is 17.4 Å². The van der Waals surface area contributed by atoms with Crippen molar-refractivity contribution in [3.05, 3.63) is 42.1 Å². The van der Waals surface area contributed by atoms with E-state index in [0.717, 1.165) is 24.3 Å². The number of hydrogen-bond donors (Lipinski definition) is 0. The Kier molecular flexibility index (Phi) is 3.25. The van der Waals surface area contributed by atoms with E-state index < -0.39 is 0 Å². The Morgan fingerprint density at radius 1 is 1.22 bits per heavy atom. The molecular weight excluding hydrogens is 242 g/mol. The number of halogens is 1. The van der Waals surface area contributed by atoms with Crippen LogP contribution < -0.4 is 0 Å². The zero-order valence-electron chi connectivity index (χ0n) is 10.6. The maximum atomic E-state index is 6.33. The van der Waals surface area contributed by atoms with Crippen LogP contribution in [0.2, 0.25) is 0 Å². The molecule has 3 unspecified atom stereocenters. The van der Waals surface area contributed by atoms with Crippen LogP contribution in [0.25, 0.3) is 10.9 Å². The lowest BCUT2D eigenvalue weighted by molar-refractivity contribution is 0.421. The van der Waals surface area contributed by atoms with Crippen molar-refractivity contribution in [2.24, 2.45) is 11.8 Å². The van der Waals surface area contributed by atoms with E-state index in [0.29, 0.717) is 11.3 Å². The topological polar surface area (TPSA) is 12.9 Å². The van der Waals surface area contributed by atoms with Gasteiger partial charge in [-0.2, -0.15) is 0 Å². The molecule has 3 atom stereocenters. The lowest BCUT2D eigenvalue weighted by atomic mass is 9.90. The second kappa shape index (κ2) is 4.89. The van der Waals surface area contributed by atoms with Gasteiger partial charge in [-0.1, -0.05) is 25.1 Å². The fraction of sp³-hybridized carbons (Fsp3) is 0.438. The smallest absolute Gasteiger partial charge is 0.0704 e. The highest BCUT2D eigenvalue weighted by Gasteiger charge is 2.31. The lowest BCUT2D eigenvalue weighted by Gasteiger charge is -2.18. The Hall–Kier alpha value is -1.08. The number of rotatable bonds is 2. The summed E-state index contributed by atoms with van der Waals surface area (Å²) >= 11 is 6.33. The van der Waals surface area contributed by atoms with E-state index in [-0.39, 0.29) is 0 Å². The summed E-state index contributed by atoms with van der Waals surface area (Å²) in [5.41, 5.74) is 2.52. The molecule has 0 saturated heterocycles. The molecule has 1 fully saturated rings. The van der Waals surface area contributed by atoms with Gasteiger partial charge in [0.2, 0.25) is 0 Å². The summed E-state index contributed by atoms with van der Waals surface area (Å²) in [4.78, 5) is 4.42. The number of aromatic nitrogens is 1. The molecule has 18 heavy (non-hydrogen) atoms. The SMILES string of the molecule is CC1C(Cl)CCC1Cc1ccnc2ccccc12. The standard InChI is InChI=1S/C16H18ClN/c1-11-12(6-7-15(11)17)10-13-8-9-18-16-5-3-2-4-14(13)16/h2-5,8-9,11-12,15H,6-7,10H2,1H3. The molecule has 0 radical (unpaired) electrons. The largest absolute Gasteiger partial charge is 0.256 e. The third-order valence-corrected chi connectivity index (χ3v) is 4.96. The number of fused-ring (bicyclic) bond motifs is 1. The van der Waals surface area contributed by atoms with Crippen molar-refractivity contribution in [1.29, 1.82) is 0 Å². The Labute approximate surface area is 113 Å². The summed E-state index contributed by atoms with van der Waals surface area (Å²) in [5, 5.41) is 1.66. The fourth-order valence-electron chi connectivity index (χ4n) is 3.10. The van der Waals surface area contributed by atoms with Crippen molar-refractivity contribution in [2.75, 3.05) is 0 Å². The molecule has 0 amide bonds. The van der Waals surface area contributed by atoms with Gasteiger partial charge in [-0.3, -0.25) is 4.98 Å². The van der Waals surface area contributed by atoms with Gasteiger partial charge in [0.1, 0.15) is 0 Å². The molecule has 94 valence electrons. The van der Waals surface area contributed by atoms with Crippen molar-refractivity contribution in [3.8, 4) is 0 Å². The van der Waals surface area contributed by atoms with E-state index in [1.54, 1.807) is 0 Å². The molecule has 0 spiro atoms. The third-order valence-electron chi connectivity index (χ3n) is 4.35. The van der Waals surface area contributed by atoms with Crippen LogP contribution in [-0.4, -0.2) is 10.4 Å². The Morgan fingerprint density at radius 3 is 2.83 bits per heavy atom. The Bertz CT molecular complexity index is 546. The predicted molar refractivity (Wildman–Crippen MR) is 77.0 cm³/mol. The first kappa shape index (κ1) is 12.0. The second-order valence-corrected chi connectivity index (χ2v) is 5.96. The van der Waals surface area contributed by atoms with Gasteiger partial charge in [0.15, 0.2) is 0 Å². The number of nitrogens with zero attached hydrogens (tertiary/aromatic N) is 1. The van der Waals surface area contributed by atoms with Crippen LogP contribution in [0.4, 0.5) is 0 Å². The van der Waals surface area contributed by atoms with E-state index in [4.69, 9.17) is 11.6 Å². The van der Waals surface area contributed by atoms with Crippen molar-refractivity contribution in [3.63, 3.8) is 0 Å². The number of para-hydroxylation sites is 1. The molecule has 1 heterocycles. The quantitative estimate of drug-likeness (QED) is 0.727. The molecule has 2 aromatic rings. The maximum absolute atomic E-state index is 6.33. The molecular formula is C16H18ClN. The first-order chi connectivity index (χ1) is 8.75. The average Bonchev–Trinajstić information content (AvgIpc) is 2.71. The molecule has 2 heteroatoms. The highest BCUT2D eigenvalue weighted by atomic mass is 35.5. The second-order valence-electron chi connectivity index (χ2n) is 5.40. The number of pyridine rings is 1. The summed E-state index contributed by atoms with van der Waals surface area (Å²) in [6.07, 6.45) is 5.48. The monoisotopic (exact) mass is 259 g/mol. The minimum Gasteiger partial charge on any atom is -0.256 e. The average molecular weight is 260 g/mol. The van der Waals surface area contributed by atoms with Gasteiger partial charge < -0.3 is 0 Å². The summed E-state index contributed by atoms with van der Waals surface area (Å²) < 4.78 is 0. The van der Waals surface area contributed by atoms with Crippen LogP contribution in [0, 0.1) is 11.8 Å². The van der Waals surface area contributed by atoms with Gasteiger partial charge in [-0.25, -0.2) is 0 Å². The van der Waals surface area contributed by atoms with Crippen LogP contribution in [0.5, 0.6) is 0 Å². The zero-order valence-corrected chi connectivity index (χ0v) is 11.4. The summed E-state index contributed by atoms with van der Waals surface area (Å²) in [5.74, 6) is 1.34. The van der Waals surface area contributed by atoms with E-state index in [1.807, 2.05) is 12.3 Å². The molecule has 1 aromatic heterocycles. The highest BCUT2D eigenvalue weighted by Crippen LogP contribution is 2.38. The summed E-state index contributed by atoms with van der Waals surface area (Å²) in [6.45, 7) is 2.29. The maximum Gasteiger partial charge on any atom is 0.0704 e. The van der Waals surface area contributed by atoms with E-state index >= 15 is 0 Å². The van der Waals surface area contributed by atoms with Gasteiger partial charge in [-0.15, -0.1) is 11.6 Å². The molecule has 1 nitrogen and oxygen atoms in total. The van der Waals surface area contributed by atoms with E-state index in [2.05, 4.69) is 36.2 Å². The van der Waals surface area contributed by atoms with Crippen LogP contribution >= 0.6 is 11.6 Å². The van der Waals surface area contributed by atoms with Crippen molar-refractivity contribution < 1.29 is 0 Å².